The van der Waals surface area contributed by atoms with Gasteiger partial charge in [0.1, 0.15) is 11.6 Å². The van der Waals surface area contributed by atoms with Crippen molar-refractivity contribution in [2.24, 2.45) is 0 Å². The summed E-state index contributed by atoms with van der Waals surface area (Å²) in [6, 6.07) is 14.5. The number of amides is 1. The van der Waals surface area contributed by atoms with Crippen LogP contribution in [0.1, 0.15) is 31.4 Å². The third-order valence-corrected chi connectivity index (χ3v) is 4.68. The first-order chi connectivity index (χ1) is 12.5. The van der Waals surface area contributed by atoms with Crippen LogP contribution in [0.5, 0.6) is 5.75 Å². The molecule has 140 valence electrons. The molecule has 26 heavy (non-hydrogen) atoms. The van der Waals surface area contributed by atoms with Crippen LogP contribution in [0.2, 0.25) is 0 Å². The van der Waals surface area contributed by atoms with Crippen molar-refractivity contribution in [3.05, 3.63) is 65.5 Å². The Morgan fingerprint density at radius 1 is 1.08 bits per heavy atom. The van der Waals surface area contributed by atoms with Gasteiger partial charge in [-0.3, -0.25) is 4.79 Å². The summed E-state index contributed by atoms with van der Waals surface area (Å²) in [6.45, 7) is 4.68. The maximum absolute atomic E-state index is 12.8. The average molecular weight is 376 g/mol. The number of thioether (sulfide) groups is 1. The second kappa shape index (κ2) is 10.9. The molecule has 0 aromatic heterocycles. The van der Waals surface area contributed by atoms with Crippen LogP contribution >= 0.6 is 11.8 Å². The molecule has 0 heterocycles. The molecule has 2 rings (SSSR count). The number of halogens is 1. The maximum Gasteiger partial charge on any atom is 0.230 e. The molecule has 0 saturated carbocycles. The molecule has 0 atom stereocenters. The van der Waals surface area contributed by atoms with Crippen LogP contribution in [0.4, 0.5) is 4.39 Å². The predicted molar refractivity (Wildman–Crippen MR) is 106 cm³/mol. The van der Waals surface area contributed by atoms with E-state index in [0.717, 1.165) is 24.2 Å². The third kappa shape index (κ3) is 7.91. The molecule has 0 fully saturated rings. The Kier molecular flexibility index (Phi) is 8.48. The lowest BCUT2D eigenvalue weighted by molar-refractivity contribution is -0.118. The van der Waals surface area contributed by atoms with Crippen molar-refractivity contribution in [1.82, 2.24) is 5.32 Å². The van der Waals surface area contributed by atoms with Gasteiger partial charge >= 0.3 is 0 Å². The first-order valence-electron chi connectivity index (χ1n) is 8.87. The number of carbonyl (C=O) groups is 1. The smallest absolute Gasteiger partial charge is 0.230 e. The monoisotopic (exact) mass is 375 g/mol. The minimum absolute atomic E-state index is 0.0396. The van der Waals surface area contributed by atoms with Crippen LogP contribution in [0.25, 0.3) is 0 Å². The second-order valence-corrected chi connectivity index (χ2v) is 7.37. The molecule has 0 radical (unpaired) electrons. The molecule has 1 N–H and O–H groups in total. The number of hydrogen-bond acceptors (Lipinski definition) is 3. The summed E-state index contributed by atoms with van der Waals surface area (Å²) in [5.74, 6) is 1.81. The molecule has 5 heteroatoms. The van der Waals surface area contributed by atoms with Gasteiger partial charge < -0.3 is 10.1 Å². The van der Waals surface area contributed by atoms with Gasteiger partial charge in [0.25, 0.3) is 0 Å². The summed E-state index contributed by atoms with van der Waals surface area (Å²) >= 11 is 1.53. The van der Waals surface area contributed by atoms with Crippen molar-refractivity contribution in [3.63, 3.8) is 0 Å². The van der Waals surface area contributed by atoms with E-state index in [0.29, 0.717) is 18.1 Å². The molecule has 2 aromatic carbocycles. The van der Waals surface area contributed by atoms with Gasteiger partial charge in [0.05, 0.1) is 11.9 Å². The van der Waals surface area contributed by atoms with E-state index in [-0.39, 0.29) is 17.8 Å². The fourth-order valence-corrected chi connectivity index (χ4v) is 3.24. The molecule has 3 nitrogen and oxygen atoms in total. The topological polar surface area (TPSA) is 38.3 Å². The highest BCUT2D eigenvalue weighted by atomic mass is 32.2. The molecular weight excluding hydrogens is 349 g/mol. The van der Waals surface area contributed by atoms with E-state index in [4.69, 9.17) is 4.74 Å². The highest BCUT2D eigenvalue weighted by Gasteiger charge is 2.03. The Morgan fingerprint density at radius 3 is 2.38 bits per heavy atom. The van der Waals surface area contributed by atoms with Gasteiger partial charge in [0.15, 0.2) is 0 Å². The fourth-order valence-electron chi connectivity index (χ4n) is 2.42. The van der Waals surface area contributed by atoms with E-state index in [1.807, 2.05) is 26.0 Å². The van der Waals surface area contributed by atoms with Gasteiger partial charge in [-0.1, -0.05) is 24.3 Å². The minimum atomic E-state index is -0.237. The average Bonchev–Trinajstić information content (AvgIpc) is 2.61. The Labute approximate surface area is 159 Å². The molecule has 0 aliphatic rings. The van der Waals surface area contributed by atoms with E-state index in [1.165, 1.54) is 29.5 Å². The largest absolute Gasteiger partial charge is 0.491 e. The first-order valence-corrected chi connectivity index (χ1v) is 10.0. The molecule has 0 aliphatic carbocycles. The first kappa shape index (κ1) is 20.3. The summed E-state index contributed by atoms with van der Waals surface area (Å²) < 4.78 is 18.4. The van der Waals surface area contributed by atoms with E-state index in [1.54, 1.807) is 12.1 Å². The Hall–Kier alpha value is -2.01. The number of ether oxygens (including phenoxy) is 1. The molecular formula is C21H26FNO2S. The van der Waals surface area contributed by atoms with Gasteiger partial charge in [-0.15, -0.1) is 11.8 Å². The highest BCUT2D eigenvalue weighted by Crippen LogP contribution is 2.15. The van der Waals surface area contributed by atoms with Crippen LogP contribution in [0.3, 0.4) is 0 Å². The molecule has 0 unspecified atom stereocenters. The van der Waals surface area contributed by atoms with Gasteiger partial charge in [-0.2, -0.15) is 0 Å². The van der Waals surface area contributed by atoms with Crippen molar-refractivity contribution in [1.29, 1.82) is 0 Å². The van der Waals surface area contributed by atoms with E-state index in [9.17, 15) is 9.18 Å². The maximum atomic E-state index is 12.8. The van der Waals surface area contributed by atoms with Crippen molar-refractivity contribution >= 4 is 17.7 Å². The zero-order valence-corrected chi connectivity index (χ0v) is 16.2. The van der Waals surface area contributed by atoms with Gasteiger partial charge in [0.2, 0.25) is 5.91 Å². The number of hydrogen-bond donors (Lipinski definition) is 1. The summed E-state index contributed by atoms with van der Waals surface area (Å²) in [7, 11) is 0. The second-order valence-electron chi connectivity index (χ2n) is 6.38. The van der Waals surface area contributed by atoms with E-state index < -0.39 is 0 Å². The standard InChI is InChI=1S/C21H26FNO2S/c1-16(2)25-20-11-7-17(8-12-20)4-3-13-23-21(24)15-26-14-18-5-9-19(22)10-6-18/h5-12,16H,3-4,13-15H2,1-2H3,(H,23,24). The zero-order valence-electron chi connectivity index (χ0n) is 15.3. The Morgan fingerprint density at radius 2 is 1.73 bits per heavy atom. The quantitative estimate of drug-likeness (QED) is 0.617. The molecule has 0 saturated heterocycles. The lowest BCUT2D eigenvalue weighted by Gasteiger charge is -2.10. The van der Waals surface area contributed by atoms with Crippen molar-refractivity contribution < 1.29 is 13.9 Å². The van der Waals surface area contributed by atoms with Crippen molar-refractivity contribution in [3.8, 4) is 5.75 Å². The lowest BCUT2D eigenvalue weighted by atomic mass is 10.1. The Bertz CT molecular complexity index is 671. The highest BCUT2D eigenvalue weighted by molar-refractivity contribution is 7.99. The Balaban J connectivity index is 1.57. The van der Waals surface area contributed by atoms with Crippen LogP contribution in [0, 0.1) is 5.82 Å². The molecule has 2 aromatic rings. The van der Waals surface area contributed by atoms with Gasteiger partial charge in [-0.05, 0) is 62.1 Å². The van der Waals surface area contributed by atoms with Gasteiger partial charge in [0, 0.05) is 12.3 Å². The van der Waals surface area contributed by atoms with Crippen molar-refractivity contribution in [2.45, 2.75) is 38.5 Å². The van der Waals surface area contributed by atoms with E-state index in [2.05, 4.69) is 17.4 Å². The number of nitrogens with one attached hydrogen (secondary N) is 1. The number of carbonyl (C=O) groups excluding carboxylic acids is 1. The zero-order chi connectivity index (χ0) is 18.8. The van der Waals surface area contributed by atoms with Crippen molar-refractivity contribution in [2.75, 3.05) is 12.3 Å². The predicted octanol–water partition coefficient (Wildman–Crippen LogP) is 4.60. The number of benzene rings is 2. The fraction of sp³-hybridized carbons (Fsp3) is 0.381. The third-order valence-electron chi connectivity index (χ3n) is 3.67. The van der Waals surface area contributed by atoms with Crippen LogP contribution in [0.15, 0.2) is 48.5 Å². The summed E-state index contributed by atoms with van der Waals surface area (Å²) in [4.78, 5) is 11.8. The molecule has 0 aliphatic heterocycles. The molecule has 0 spiro atoms. The summed E-state index contributed by atoms with van der Waals surface area (Å²) in [5, 5.41) is 2.94. The molecule has 0 bridgehead atoms. The van der Waals surface area contributed by atoms with Crippen LogP contribution in [-0.4, -0.2) is 24.3 Å². The van der Waals surface area contributed by atoms with Gasteiger partial charge in [-0.25, -0.2) is 4.39 Å². The molecule has 1 amide bonds. The van der Waals surface area contributed by atoms with Crippen LogP contribution in [-0.2, 0) is 17.0 Å². The summed E-state index contributed by atoms with van der Waals surface area (Å²) in [6.07, 6.45) is 2.00. The van der Waals surface area contributed by atoms with E-state index >= 15 is 0 Å². The summed E-state index contributed by atoms with van der Waals surface area (Å²) in [5.41, 5.74) is 2.26. The van der Waals surface area contributed by atoms with Crippen LogP contribution < -0.4 is 10.1 Å². The number of aryl methyl sites for hydroxylation is 1. The SMILES string of the molecule is CC(C)Oc1ccc(CCCNC(=O)CSCc2ccc(F)cc2)cc1. The lowest BCUT2D eigenvalue weighted by Crippen LogP contribution is -2.26. The minimum Gasteiger partial charge on any atom is -0.491 e. The number of rotatable bonds is 10. The normalized spacial score (nSPS) is 10.8.